The fourth-order valence-corrected chi connectivity index (χ4v) is 1.34. The summed E-state index contributed by atoms with van der Waals surface area (Å²) in [7, 11) is 0. The first-order valence-corrected chi connectivity index (χ1v) is 5.12. The zero-order valence-electron chi connectivity index (χ0n) is 8.15. The van der Waals surface area contributed by atoms with Crippen LogP contribution in [0.2, 0.25) is 5.02 Å². The van der Waals surface area contributed by atoms with Crippen LogP contribution in [0, 0.1) is 6.29 Å². The third kappa shape index (κ3) is 3.30. The van der Waals surface area contributed by atoms with E-state index in [1.807, 2.05) is 24.3 Å². The third-order valence-corrected chi connectivity index (χ3v) is 2.16. The molecule has 2 rings (SSSR count). The molecular formula is C11H11ClNO2. The second kappa shape index (κ2) is 5.26. The first-order valence-electron chi connectivity index (χ1n) is 4.74. The SMILES string of the molecule is Clc1ccc(C=CC[C]2OCCO2)nc1. The molecule has 1 radical (unpaired) electrons. The van der Waals surface area contributed by atoms with Gasteiger partial charge in [-0.3, -0.25) is 4.98 Å². The summed E-state index contributed by atoms with van der Waals surface area (Å²) >= 11 is 5.72. The smallest absolute Gasteiger partial charge is 0.227 e. The Balaban J connectivity index is 1.85. The van der Waals surface area contributed by atoms with Crippen molar-refractivity contribution in [3.05, 3.63) is 41.4 Å². The van der Waals surface area contributed by atoms with Gasteiger partial charge in [0.25, 0.3) is 0 Å². The molecule has 15 heavy (non-hydrogen) atoms. The molecule has 3 nitrogen and oxygen atoms in total. The Morgan fingerprint density at radius 1 is 1.33 bits per heavy atom. The zero-order chi connectivity index (χ0) is 10.5. The molecule has 1 aliphatic heterocycles. The van der Waals surface area contributed by atoms with Gasteiger partial charge in [0.15, 0.2) is 0 Å². The summed E-state index contributed by atoms with van der Waals surface area (Å²) in [4.78, 5) is 4.13. The number of ether oxygens (including phenoxy) is 2. The lowest BCUT2D eigenvalue weighted by atomic mass is 10.3. The highest BCUT2D eigenvalue weighted by Crippen LogP contribution is 2.17. The summed E-state index contributed by atoms with van der Waals surface area (Å²) in [6.45, 7) is 1.31. The Morgan fingerprint density at radius 2 is 2.13 bits per heavy atom. The van der Waals surface area contributed by atoms with E-state index in [9.17, 15) is 0 Å². The molecule has 1 aliphatic rings. The number of hydrogen-bond acceptors (Lipinski definition) is 3. The van der Waals surface area contributed by atoms with Crippen LogP contribution in [0.1, 0.15) is 12.1 Å². The lowest BCUT2D eigenvalue weighted by Gasteiger charge is -2.01. The Morgan fingerprint density at radius 3 is 2.80 bits per heavy atom. The molecule has 1 aromatic rings. The molecule has 0 unspecified atom stereocenters. The molecule has 0 N–H and O–H groups in total. The van der Waals surface area contributed by atoms with Crippen LogP contribution in [0.25, 0.3) is 6.08 Å². The maximum atomic E-state index is 5.72. The van der Waals surface area contributed by atoms with Gasteiger partial charge in [-0.1, -0.05) is 17.7 Å². The molecule has 0 aliphatic carbocycles. The van der Waals surface area contributed by atoms with Crippen LogP contribution in [-0.2, 0) is 9.47 Å². The monoisotopic (exact) mass is 224 g/mol. The van der Waals surface area contributed by atoms with Crippen molar-refractivity contribution in [1.29, 1.82) is 0 Å². The van der Waals surface area contributed by atoms with E-state index in [2.05, 4.69) is 4.98 Å². The van der Waals surface area contributed by atoms with E-state index in [0.717, 1.165) is 5.69 Å². The third-order valence-electron chi connectivity index (χ3n) is 1.93. The Labute approximate surface area is 93.7 Å². The maximum Gasteiger partial charge on any atom is 0.227 e. The first-order chi connectivity index (χ1) is 7.34. The van der Waals surface area contributed by atoms with E-state index >= 15 is 0 Å². The van der Waals surface area contributed by atoms with E-state index in [-0.39, 0.29) is 0 Å². The molecule has 2 heterocycles. The molecule has 0 amide bonds. The standard InChI is InChI=1S/C11H11ClNO2/c12-9-4-5-10(13-8-9)2-1-3-11-14-6-7-15-11/h1-2,4-5,8H,3,6-7H2. The molecule has 79 valence electrons. The zero-order valence-corrected chi connectivity index (χ0v) is 8.91. The van der Waals surface area contributed by atoms with Gasteiger partial charge in [0, 0.05) is 12.6 Å². The van der Waals surface area contributed by atoms with Gasteiger partial charge in [0.1, 0.15) is 0 Å². The number of halogens is 1. The quantitative estimate of drug-likeness (QED) is 0.791. The highest BCUT2D eigenvalue weighted by molar-refractivity contribution is 6.30. The Bertz CT molecular complexity index is 331. The van der Waals surface area contributed by atoms with Crippen LogP contribution in [-0.4, -0.2) is 18.2 Å². The lowest BCUT2D eigenvalue weighted by Crippen LogP contribution is -1.93. The molecule has 0 bridgehead atoms. The summed E-state index contributed by atoms with van der Waals surface area (Å²) in [6.07, 6.45) is 6.84. The summed E-state index contributed by atoms with van der Waals surface area (Å²) in [5.74, 6) is 0. The maximum absolute atomic E-state index is 5.72. The van der Waals surface area contributed by atoms with Gasteiger partial charge in [0.05, 0.1) is 23.9 Å². The van der Waals surface area contributed by atoms with Gasteiger partial charge < -0.3 is 9.47 Å². The Kier molecular flexibility index (Phi) is 3.72. The van der Waals surface area contributed by atoms with Crippen LogP contribution < -0.4 is 0 Å². The van der Waals surface area contributed by atoms with E-state index in [1.54, 1.807) is 6.20 Å². The van der Waals surface area contributed by atoms with Gasteiger partial charge in [-0.25, -0.2) is 0 Å². The molecule has 0 spiro atoms. The summed E-state index contributed by atoms with van der Waals surface area (Å²) in [6, 6.07) is 3.67. The van der Waals surface area contributed by atoms with Crippen LogP contribution in [0.3, 0.4) is 0 Å². The van der Waals surface area contributed by atoms with Gasteiger partial charge in [-0.2, -0.15) is 0 Å². The fraction of sp³-hybridized carbons (Fsp3) is 0.273. The van der Waals surface area contributed by atoms with Crippen molar-refractivity contribution in [1.82, 2.24) is 4.98 Å². The van der Waals surface area contributed by atoms with Crippen molar-refractivity contribution in [3.63, 3.8) is 0 Å². The highest BCUT2D eigenvalue weighted by atomic mass is 35.5. The second-order valence-electron chi connectivity index (χ2n) is 3.08. The average molecular weight is 225 g/mol. The predicted molar refractivity (Wildman–Crippen MR) is 58.0 cm³/mol. The van der Waals surface area contributed by atoms with Crippen molar-refractivity contribution in [2.75, 3.05) is 13.2 Å². The number of hydrogen-bond donors (Lipinski definition) is 0. The predicted octanol–water partition coefficient (Wildman–Crippen LogP) is 2.67. The normalized spacial score (nSPS) is 17.7. The highest BCUT2D eigenvalue weighted by Gasteiger charge is 2.15. The minimum Gasteiger partial charge on any atom is -0.343 e. The van der Waals surface area contributed by atoms with E-state index in [1.165, 1.54) is 0 Å². The molecule has 0 aromatic carbocycles. The fourth-order valence-electron chi connectivity index (χ4n) is 1.23. The minimum absolute atomic E-state index is 0.643. The summed E-state index contributed by atoms with van der Waals surface area (Å²) in [5, 5.41) is 0.643. The lowest BCUT2D eigenvalue weighted by molar-refractivity contribution is 0.0736. The van der Waals surface area contributed by atoms with Crippen molar-refractivity contribution < 1.29 is 9.47 Å². The van der Waals surface area contributed by atoms with Gasteiger partial charge >= 0.3 is 0 Å². The van der Waals surface area contributed by atoms with Crippen LogP contribution >= 0.6 is 11.6 Å². The van der Waals surface area contributed by atoms with Gasteiger partial charge in [0.2, 0.25) is 6.29 Å². The van der Waals surface area contributed by atoms with Gasteiger partial charge in [-0.15, -0.1) is 0 Å². The van der Waals surface area contributed by atoms with E-state index in [4.69, 9.17) is 21.1 Å². The summed E-state index contributed by atoms with van der Waals surface area (Å²) in [5.41, 5.74) is 0.873. The number of nitrogens with zero attached hydrogens (tertiary/aromatic N) is 1. The Hall–Kier alpha value is -0.900. The molecular weight excluding hydrogens is 214 g/mol. The molecule has 4 heteroatoms. The number of rotatable bonds is 3. The van der Waals surface area contributed by atoms with Crippen LogP contribution in [0.4, 0.5) is 0 Å². The molecule has 1 aromatic heterocycles. The topological polar surface area (TPSA) is 31.4 Å². The largest absolute Gasteiger partial charge is 0.343 e. The van der Waals surface area contributed by atoms with E-state index in [0.29, 0.717) is 30.9 Å². The van der Waals surface area contributed by atoms with Crippen molar-refractivity contribution in [3.8, 4) is 0 Å². The molecule has 1 fully saturated rings. The van der Waals surface area contributed by atoms with Crippen LogP contribution in [0.5, 0.6) is 0 Å². The van der Waals surface area contributed by atoms with Crippen molar-refractivity contribution in [2.45, 2.75) is 6.42 Å². The second-order valence-corrected chi connectivity index (χ2v) is 3.51. The number of aromatic nitrogens is 1. The molecule has 0 atom stereocenters. The molecule has 0 saturated carbocycles. The molecule has 1 saturated heterocycles. The van der Waals surface area contributed by atoms with Crippen molar-refractivity contribution >= 4 is 17.7 Å². The van der Waals surface area contributed by atoms with Gasteiger partial charge in [-0.05, 0) is 18.2 Å². The van der Waals surface area contributed by atoms with E-state index < -0.39 is 0 Å². The summed E-state index contributed by atoms with van der Waals surface area (Å²) < 4.78 is 10.4. The number of pyridine rings is 1. The minimum atomic E-state index is 0.643. The van der Waals surface area contributed by atoms with Crippen LogP contribution in [0.15, 0.2) is 24.4 Å². The first kappa shape index (κ1) is 10.6. The average Bonchev–Trinajstić information content (AvgIpc) is 2.74. The van der Waals surface area contributed by atoms with Crippen molar-refractivity contribution in [2.24, 2.45) is 0 Å².